The summed E-state index contributed by atoms with van der Waals surface area (Å²) in [5.41, 5.74) is 6.77. The van der Waals surface area contributed by atoms with Crippen LogP contribution in [0.15, 0.2) is 73.2 Å². The van der Waals surface area contributed by atoms with E-state index in [1.165, 1.54) is 6.20 Å². The quantitative estimate of drug-likeness (QED) is 0.387. The van der Waals surface area contributed by atoms with Gasteiger partial charge in [-0.15, -0.1) is 0 Å². The molecule has 206 valence electrons. The lowest BCUT2D eigenvalue weighted by Crippen LogP contribution is -2.71. The van der Waals surface area contributed by atoms with E-state index < -0.39 is 29.3 Å². The molecule has 0 bridgehead atoms. The zero-order valence-corrected chi connectivity index (χ0v) is 22.7. The van der Waals surface area contributed by atoms with Crippen LogP contribution in [0.5, 0.6) is 0 Å². The molecule has 0 aliphatic carbocycles. The molecule has 1 aromatic carbocycles. The molecule has 3 heterocycles. The number of primary amides is 1. The van der Waals surface area contributed by atoms with Gasteiger partial charge >= 0.3 is 0 Å². The number of carbonyl (C=O) groups is 3. The molecule has 4 N–H and O–H groups in total. The van der Waals surface area contributed by atoms with Gasteiger partial charge in [0, 0.05) is 51.2 Å². The number of likely N-dealkylation sites (N-methyl/N-ethyl adjacent to an activating group) is 2. The number of benzene rings is 1. The Hall–Kier alpha value is -4.02. The maximum atomic E-state index is 13.6. The minimum atomic E-state index is -1.09. The number of nitrogens with two attached hydrogens (primary N) is 1. The van der Waals surface area contributed by atoms with Crippen LogP contribution in [0.25, 0.3) is 0 Å². The van der Waals surface area contributed by atoms with Gasteiger partial charge in [-0.2, -0.15) is 0 Å². The first kappa shape index (κ1) is 28.0. The third kappa shape index (κ3) is 5.86. The fourth-order valence-corrected chi connectivity index (χ4v) is 5.52. The minimum absolute atomic E-state index is 0.0220. The summed E-state index contributed by atoms with van der Waals surface area (Å²) in [6.07, 6.45) is 11.7. The summed E-state index contributed by atoms with van der Waals surface area (Å²) >= 11 is 0. The Morgan fingerprint density at radius 3 is 2.67 bits per heavy atom. The summed E-state index contributed by atoms with van der Waals surface area (Å²) in [6.45, 7) is 4.99. The van der Waals surface area contributed by atoms with Gasteiger partial charge in [0.25, 0.3) is 11.8 Å². The average molecular weight is 532 g/mol. The van der Waals surface area contributed by atoms with E-state index in [9.17, 15) is 14.4 Å². The summed E-state index contributed by atoms with van der Waals surface area (Å²) in [5, 5.41) is 6.44. The van der Waals surface area contributed by atoms with Crippen molar-refractivity contribution in [1.29, 1.82) is 0 Å². The Morgan fingerprint density at radius 2 is 1.97 bits per heavy atom. The predicted molar refractivity (Wildman–Crippen MR) is 151 cm³/mol. The molecule has 0 spiro atoms. The van der Waals surface area contributed by atoms with E-state index in [1.807, 2.05) is 42.5 Å². The van der Waals surface area contributed by atoms with Crippen molar-refractivity contribution in [3.8, 4) is 0 Å². The van der Waals surface area contributed by atoms with Crippen LogP contribution in [0, 0.1) is 0 Å². The molecule has 10 nitrogen and oxygen atoms in total. The lowest BCUT2D eigenvalue weighted by molar-refractivity contribution is -0.137. The number of anilines is 1. The van der Waals surface area contributed by atoms with Crippen LogP contribution < -0.4 is 21.3 Å². The number of pyridine rings is 1. The van der Waals surface area contributed by atoms with E-state index >= 15 is 0 Å². The number of nitrogens with zero attached hydrogens (tertiary/aromatic N) is 4. The number of piperazine rings is 1. The average Bonchev–Trinajstić information content (AvgIpc) is 2.96. The highest BCUT2D eigenvalue weighted by Gasteiger charge is 2.45. The molecule has 2 amide bonds. The molecule has 1 aromatic heterocycles. The SMILES string of the molecule is CCN1C=CC=CC1(C1CN(c2ccncc2C(=O)NC(Cc2ccccc2)C(=O)C(N)=O)CCN1)N(C)C. The normalized spacial score (nSPS) is 21.6. The molecule has 3 atom stereocenters. The maximum absolute atomic E-state index is 13.6. The predicted octanol–water partition coefficient (Wildman–Crippen LogP) is 0.919. The molecule has 0 saturated carbocycles. The number of nitrogens with one attached hydrogen (secondary N) is 2. The summed E-state index contributed by atoms with van der Waals surface area (Å²) in [6, 6.07) is 9.94. The van der Waals surface area contributed by atoms with Gasteiger partial charge in [0.15, 0.2) is 0 Å². The fourth-order valence-electron chi connectivity index (χ4n) is 5.52. The first-order chi connectivity index (χ1) is 18.8. The van der Waals surface area contributed by atoms with Gasteiger partial charge in [0.05, 0.1) is 17.3 Å². The van der Waals surface area contributed by atoms with E-state index in [-0.39, 0.29) is 12.5 Å². The van der Waals surface area contributed by atoms with Crippen LogP contribution in [0.2, 0.25) is 0 Å². The van der Waals surface area contributed by atoms with Gasteiger partial charge in [-0.25, -0.2) is 0 Å². The van der Waals surface area contributed by atoms with Crippen LogP contribution in [0.4, 0.5) is 5.69 Å². The highest BCUT2D eigenvalue weighted by Crippen LogP contribution is 2.31. The number of Topliss-reactive ketones (excluding diaryl/α,β-unsaturated/α-hetero) is 1. The molecule has 0 radical (unpaired) electrons. The molecule has 2 aliphatic rings. The summed E-state index contributed by atoms with van der Waals surface area (Å²) in [5.74, 6) is -2.41. The van der Waals surface area contributed by atoms with Crippen molar-refractivity contribution in [2.45, 2.75) is 31.1 Å². The van der Waals surface area contributed by atoms with Crippen molar-refractivity contribution in [3.63, 3.8) is 0 Å². The Morgan fingerprint density at radius 1 is 1.21 bits per heavy atom. The summed E-state index contributed by atoms with van der Waals surface area (Å²) in [4.78, 5) is 48.8. The van der Waals surface area contributed by atoms with Crippen molar-refractivity contribution >= 4 is 23.3 Å². The third-order valence-corrected chi connectivity index (χ3v) is 7.45. The Balaban J connectivity index is 1.59. The van der Waals surface area contributed by atoms with Crippen LogP contribution in [-0.4, -0.2) is 90.4 Å². The highest BCUT2D eigenvalue weighted by molar-refractivity contribution is 6.38. The smallest absolute Gasteiger partial charge is 0.287 e. The standard InChI is InChI=1S/C29H37N7O3/c1-4-36-16-9-8-13-29(36,34(2)3)25-20-35(17-15-32-25)24-12-14-31-19-22(24)28(39)33-23(26(37)27(30)38)18-21-10-6-5-7-11-21/h5-14,16,19,23,25,32H,4,15,17-18,20H2,1-3H3,(H2,30,38)(H,33,39). The Labute approximate surface area is 229 Å². The van der Waals surface area contributed by atoms with Crippen molar-refractivity contribution in [1.82, 2.24) is 25.4 Å². The highest BCUT2D eigenvalue weighted by atomic mass is 16.2. The van der Waals surface area contributed by atoms with E-state index in [2.05, 4.69) is 69.7 Å². The summed E-state index contributed by atoms with van der Waals surface area (Å²) < 4.78 is 0. The van der Waals surface area contributed by atoms with Crippen molar-refractivity contribution < 1.29 is 14.4 Å². The zero-order chi connectivity index (χ0) is 28.0. The molecule has 3 unspecified atom stereocenters. The number of hydrogen-bond donors (Lipinski definition) is 3. The molecule has 4 rings (SSSR count). The molecule has 10 heteroatoms. The molecular weight excluding hydrogens is 494 g/mol. The minimum Gasteiger partial charge on any atom is -0.368 e. The monoisotopic (exact) mass is 531 g/mol. The zero-order valence-electron chi connectivity index (χ0n) is 22.7. The van der Waals surface area contributed by atoms with E-state index in [0.717, 1.165) is 18.7 Å². The number of carbonyl (C=O) groups excluding carboxylic acids is 3. The largest absolute Gasteiger partial charge is 0.368 e. The topological polar surface area (TPSA) is 124 Å². The number of hydrogen-bond acceptors (Lipinski definition) is 8. The van der Waals surface area contributed by atoms with Gasteiger partial charge in [0.1, 0.15) is 11.7 Å². The van der Waals surface area contributed by atoms with E-state index in [4.69, 9.17) is 5.73 Å². The number of ketones is 1. The van der Waals surface area contributed by atoms with Gasteiger partial charge < -0.3 is 26.2 Å². The first-order valence-electron chi connectivity index (χ1n) is 13.2. The van der Waals surface area contributed by atoms with E-state index in [1.54, 1.807) is 6.20 Å². The number of aromatic nitrogens is 1. The van der Waals surface area contributed by atoms with Crippen LogP contribution in [-0.2, 0) is 16.0 Å². The second kappa shape index (κ2) is 12.2. The Bertz CT molecular complexity index is 1250. The molecule has 2 aromatic rings. The third-order valence-electron chi connectivity index (χ3n) is 7.45. The van der Waals surface area contributed by atoms with Crippen molar-refractivity contribution in [2.24, 2.45) is 5.73 Å². The van der Waals surface area contributed by atoms with Crippen molar-refractivity contribution in [2.75, 3.05) is 45.2 Å². The van der Waals surface area contributed by atoms with Gasteiger partial charge in [-0.3, -0.25) is 24.3 Å². The Kier molecular flexibility index (Phi) is 8.78. The number of rotatable bonds is 10. The first-order valence-corrected chi connectivity index (χ1v) is 13.2. The number of allylic oxidation sites excluding steroid dienone is 2. The van der Waals surface area contributed by atoms with E-state index in [0.29, 0.717) is 24.3 Å². The van der Waals surface area contributed by atoms with Crippen LogP contribution >= 0.6 is 0 Å². The second-order valence-corrected chi connectivity index (χ2v) is 9.95. The molecule has 1 fully saturated rings. The molecule has 1 saturated heterocycles. The fraction of sp³-hybridized carbons (Fsp3) is 0.379. The molecular formula is C29H37N7O3. The van der Waals surface area contributed by atoms with Crippen molar-refractivity contribution in [3.05, 3.63) is 84.3 Å². The second-order valence-electron chi connectivity index (χ2n) is 9.95. The molecule has 2 aliphatic heterocycles. The van der Waals surface area contributed by atoms with Crippen LogP contribution in [0.1, 0.15) is 22.8 Å². The lowest BCUT2D eigenvalue weighted by atomic mass is 9.91. The number of amides is 2. The van der Waals surface area contributed by atoms with Crippen LogP contribution in [0.3, 0.4) is 0 Å². The summed E-state index contributed by atoms with van der Waals surface area (Å²) in [7, 11) is 4.14. The molecule has 39 heavy (non-hydrogen) atoms. The van der Waals surface area contributed by atoms with Gasteiger partial charge in [-0.1, -0.05) is 36.4 Å². The lowest BCUT2D eigenvalue weighted by Gasteiger charge is -2.54. The maximum Gasteiger partial charge on any atom is 0.287 e. The van der Waals surface area contributed by atoms with Gasteiger partial charge in [0.2, 0.25) is 5.78 Å². The van der Waals surface area contributed by atoms with Gasteiger partial charge in [-0.05, 0) is 44.8 Å².